The van der Waals surface area contributed by atoms with Gasteiger partial charge in [0.25, 0.3) is 0 Å². The summed E-state index contributed by atoms with van der Waals surface area (Å²) in [6, 6.07) is 3.86. The first-order valence-corrected chi connectivity index (χ1v) is 7.71. The molecule has 1 N–H and O–H groups in total. The molecule has 1 aromatic heterocycles. The molecule has 0 radical (unpaired) electrons. The van der Waals surface area contributed by atoms with Gasteiger partial charge in [-0.3, -0.25) is 10.1 Å². The molecule has 2 rings (SSSR count). The number of hydrogen-bond donors (Lipinski definition) is 1. The zero-order valence-corrected chi connectivity index (χ0v) is 14.7. The highest BCUT2D eigenvalue weighted by Crippen LogP contribution is 2.32. The molecule has 2 aromatic rings. The first-order chi connectivity index (χ1) is 12.3. The van der Waals surface area contributed by atoms with E-state index in [1.54, 1.807) is 20.8 Å². The van der Waals surface area contributed by atoms with E-state index in [1.807, 2.05) is 0 Å². The molecule has 26 heavy (non-hydrogen) atoms. The van der Waals surface area contributed by atoms with Crippen LogP contribution in [0.15, 0.2) is 18.2 Å². The van der Waals surface area contributed by atoms with Gasteiger partial charge in [-0.2, -0.15) is 0 Å². The fraction of sp³-hybridized carbons (Fsp3) is 0.294. The summed E-state index contributed by atoms with van der Waals surface area (Å²) in [6.07, 6.45) is 0. The normalized spacial score (nSPS) is 10.3. The van der Waals surface area contributed by atoms with E-state index in [1.165, 1.54) is 19.2 Å². The molecule has 0 aliphatic heterocycles. The molecule has 1 aromatic carbocycles. The molecule has 0 aliphatic carbocycles. The molecule has 138 valence electrons. The predicted octanol–water partition coefficient (Wildman–Crippen LogP) is 2.94. The summed E-state index contributed by atoms with van der Waals surface area (Å²) in [4.78, 5) is 37.7. The zero-order chi connectivity index (χ0) is 19.4. The molecular weight excluding hydrogens is 344 g/mol. The average molecular weight is 362 g/mol. The Kier molecular flexibility index (Phi) is 5.61. The molecule has 1 heterocycles. The van der Waals surface area contributed by atoms with Crippen LogP contribution in [-0.2, 0) is 4.74 Å². The summed E-state index contributed by atoms with van der Waals surface area (Å²) in [5.74, 6) is -1.39. The van der Waals surface area contributed by atoms with E-state index in [9.17, 15) is 19.7 Å². The van der Waals surface area contributed by atoms with Gasteiger partial charge >= 0.3 is 17.6 Å². The summed E-state index contributed by atoms with van der Waals surface area (Å²) >= 11 is 0. The molecule has 0 bridgehead atoms. The lowest BCUT2D eigenvalue weighted by Crippen LogP contribution is -2.12. The van der Waals surface area contributed by atoms with Gasteiger partial charge in [-0.15, -0.1) is 0 Å². The molecule has 0 aliphatic rings. The minimum Gasteiger partial charge on any atom is -0.496 e. The molecule has 9 nitrogen and oxygen atoms in total. The van der Waals surface area contributed by atoms with Crippen molar-refractivity contribution in [3.05, 3.63) is 50.8 Å². The zero-order valence-electron chi connectivity index (χ0n) is 14.7. The standard InChI is InChI=1S/C17H18N2O7/c1-5-25-16(20)14-9(2)15(18-10(14)3)17(21)26-13-7-6-11(24-4)8-12(13)19(22)23/h6-8,18H,5H2,1-4H3. The first kappa shape index (κ1) is 19.0. The fourth-order valence-corrected chi connectivity index (χ4v) is 2.47. The maximum Gasteiger partial charge on any atom is 0.360 e. The maximum atomic E-state index is 12.5. The number of aromatic nitrogens is 1. The van der Waals surface area contributed by atoms with Crippen LogP contribution in [0.5, 0.6) is 11.5 Å². The molecule has 9 heteroatoms. The van der Waals surface area contributed by atoms with Crippen LogP contribution in [0, 0.1) is 24.0 Å². The minimum atomic E-state index is -0.852. The number of benzene rings is 1. The smallest absolute Gasteiger partial charge is 0.360 e. The second kappa shape index (κ2) is 7.68. The number of methoxy groups -OCH3 is 1. The van der Waals surface area contributed by atoms with Gasteiger partial charge in [-0.05, 0) is 38.5 Å². The van der Waals surface area contributed by atoms with Crippen LogP contribution in [0.25, 0.3) is 0 Å². The average Bonchev–Trinajstić information content (AvgIpc) is 2.89. The highest BCUT2D eigenvalue weighted by Gasteiger charge is 2.26. The van der Waals surface area contributed by atoms with Crippen LogP contribution < -0.4 is 9.47 Å². The third kappa shape index (κ3) is 3.66. The number of nitro benzene ring substituents is 1. The Morgan fingerprint density at radius 1 is 1.23 bits per heavy atom. The number of rotatable bonds is 6. The molecule has 0 saturated heterocycles. The number of nitrogens with zero attached hydrogens (tertiary/aromatic N) is 1. The van der Waals surface area contributed by atoms with Crippen molar-refractivity contribution in [1.82, 2.24) is 4.98 Å². The number of nitro groups is 1. The van der Waals surface area contributed by atoms with Crippen LogP contribution in [0.2, 0.25) is 0 Å². The van der Waals surface area contributed by atoms with Gasteiger partial charge in [0.15, 0.2) is 0 Å². The molecule has 0 atom stereocenters. The van der Waals surface area contributed by atoms with Crippen molar-refractivity contribution in [2.45, 2.75) is 20.8 Å². The number of nitrogens with one attached hydrogen (secondary N) is 1. The van der Waals surface area contributed by atoms with Crippen LogP contribution in [0.3, 0.4) is 0 Å². The fourth-order valence-electron chi connectivity index (χ4n) is 2.47. The Bertz CT molecular complexity index is 870. The summed E-state index contributed by atoms with van der Waals surface area (Å²) in [7, 11) is 1.37. The summed E-state index contributed by atoms with van der Waals surface area (Å²) < 4.78 is 15.1. The lowest BCUT2D eigenvalue weighted by molar-refractivity contribution is -0.385. The Labute approximate surface area is 149 Å². The maximum absolute atomic E-state index is 12.5. The second-order valence-electron chi connectivity index (χ2n) is 5.33. The van der Waals surface area contributed by atoms with Gasteiger partial charge in [0.05, 0.1) is 30.3 Å². The van der Waals surface area contributed by atoms with Gasteiger partial charge in [-0.25, -0.2) is 9.59 Å². The topological polar surface area (TPSA) is 121 Å². The van der Waals surface area contributed by atoms with E-state index < -0.39 is 22.5 Å². The molecule has 0 spiro atoms. The van der Waals surface area contributed by atoms with Gasteiger partial charge in [0.1, 0.15) is 11.4 Å². The van der Waals surface area contributed by atoms with Crippen LogP contribution in [0.1, 0.15) is 39.0 Å². The number of esters is 2. The van der Waals surface area contributed by atoms with Crippen molar-refractivity contribution >= 4 is 17.6 Å². The van der Waals surface area contributed by atoms with Crippen molar-refractivity contribution in [3.8, 4) is 11.5 Å². The van der Waals surface area contributed by atoms with Crippen LogP contribution in [0.4, 0.5) is 5.69 Å². The van der Waals surface area contributed by atoms with Crippen molar-refractivity contribution < 1.29 is 28.7 Å². The lowest BCUT2D eigenvalue weighted by atomic mass is 10.1. The van der Waals surface area contributed by atoms with E-state index in [4.69, 9.17) is 14.2 Å². The van der Waals surface area contributed by atoms with E-state index in [-0.39, 0.29) is 29.4 Å². The van der Waals surface area contributed by atoms with Crippen molar-refractivity contribution in [2.75, 3.05) is 13.7 Å². The predicted molar refractivity (Wildman–Crippen MR) is 90.8 cm³/mol. The SMILES string of the molecule is CCOC(=O)c1c(C)[nH]c(C(=O)Oc2ccc(OC)cc2[N+](=O)[O-])c1C. The number of hydrogen-bond acceptors (Lipinski definition) is 7. The Morgan fingerprint density at radius 3 is 2.50 bits per heavy atom. The van der Waals surface area contributed by atoms with Gasteiger partial charge in [0, 0.05) is 5.69 Å². The molecule has 0 saturated carbocycles. The molecule has 0 amide bonds. The van der Waals surface area contributed by atoms with Crippen molar-refractivity contribution in [2.24, 2.45) is 0 Å². The van der Waals surface area contributed by atoms with Gasteiger partial charge in [-0.1, -0.05) is 0 Å². The minimum absolute atomic E-state index is 0.0238. The Morgan fingerprint density at radius 2 is 1.92 bits per heavy atom. The Hall–Kier alpha value is -3.36. The quantitative estimate of drug-likeness (QED) is 0.363. The number of aryl methyl sites for hydroxylation is 1. The van der Waals surface area contributed by atoms with E-state index in [2.05, 4.69) is 4.98 Å². The second-order valence-corrected chi connectivity index (χ2v) is 5.33. The third-order valence-electron chi connectivity index (χ3n) is 3.69. The molecular formula is C17H18N2O7. The van der Waals surface area contributed by atoms with Crippen molar-refractivity contribution in [1.29, 1.82) is 0 Å². The van der Waals surface area contributed by atoms with E-state index >= 15 is 0 Å². The number of H-pyrrole nitrogens is 1. The Balaban J connectivity index is 2.36. The largest absolute Gasteiger partial charge is 0.496 e. The summed E-state index contributed by atoms with van der Waals surface area (Å²) in [5, 5.41) is 11.2. The van der Waals surface area contributed by atoms with E-state index in [0.717, 1.165) is 6.07 Å². The van der Waals surface area contributed by atoms with Crippen molar-refractivity contribution in [3.63, 3.8) is 0 Å². The summed E-state index contributed by atoms with van der Waals surface area (Å²) in [5.41, 5.74) is 0.641. The lowest BCUT2D eigenvalue weighted by Gasteiger charge is -2.06. The van der Waals surface area contributed by atoms with Gasteiger partial charge < -0.3 is 19.2 Å². The number of carbonyl (C=O) groups excluding carboxylic acids is 2. The first-order valence-electron chi connectivity index (χ1n) is 7.71. The highest BCUT2D eigenvalue weighted by atomic mass is 16.6. The van der Waals surface area contributed by atoms with Crippen LogP contribution >= 0.6 is 0 Å². The van der Waals surface area contributed by atoms with Gasteiger partial charge in [0.2, 0.25) is 5.75 Å². The number of carbonyl (C=O) groups is 2. The monoisotopic (exact) mass is 362 g/mol. The number of aromatic amines is 1. The van der Waals surface area contributed by atoms with Crippen LogP contribution in [-0.4, -0.2) is 35.6 Å². The third-order valence-corrected chi connectivity index (χ3v) is 3.69. The number of ether oxygens (including phenoxy) is 3. The highest BCUT2D eigenvalue weighted by molar-refractivity contribution is 5.99. The van der Waals surface area contributed by atoms with E-state index in [0.29, 0.717) is 11.3 Å². The molecule has 0 unspecified atom stereocenters. The molecule has 0 fully saturated rings. The summed E-state index contributed by atoms with van der Waals surface area (Å²) in [6.45, 7) is 5.05.